The lowest BCUT2D eigenvalue weighted by Crippen LogP contribution is -1.94. The average molecular weight is 1570 g/mol. The Morgan fingerprint density at radius 2 is 0.331 bits per heavy atom. The smallest absolute Gasteiger partial charge is 0.143 e. The van der Waals surface area contributed by atoms with Crippen LogP contribution in [0.5, 0.6) is 0 Å². The Kier molecular flexibility index (Phi) is 14.7. The molecule has 4 aromatic heterocycles. The maximum absolute atomic E-state index is 6.92. The molecule has 24 aromatic carbocycles. The largest absolute Gasteiger partial charge is 0.456 e. The predicted molar refractivity (Wildman–Crippen MR) is 525 cm³/mol. The number of para-hydroxylation sites is 4. The van der Waals surface area contributed by atoms with E-state index in [-0.39, 0.29) is 0 Å². The summed E-state index contributed by atoms with van der Waals surface area (Å²) >= 11 is 0. The van der Waals surface area contributed by atoms with E-state index in [0.717, 1.165) is 132 Å². The zero-order chi connectivity index (χ0) is 80.9. The van der Waals surface area contributed by atoms with Crippen molar-refractivity contribution in [2.24, 2.45) is 0 Å². The van der Waals surface area contributed by atoms with E-state index in [4.69, 9.17) is 17.7 Å². The third kappa shape index (κ3) is 10.0. The molecule has 0 saturated carbocycles. The summed E-state index contributed by atoms with van der Waals surface area (Å²) in [6, 6.07) is 150. The quantitative estimate of drug-likeness (QED) is 0.156. The maximum Gasteiger partial charge on any atom is 0.143 e. The van der Waals surface area contributed by atoms with Gasteiger partial charge in [-0.05, 0) is 247 Å². The van der Waals surface area contributed by atoms with Crippen LogP contribution in [0.1, 0.15) is 0 Å². The van der Waals surface area contributed by atoms with Crippen LogP contribution in [0.15, 0.2) is 430 Å². The lowest BCUT2D eigenvalue weighted by Gasteiger charge is -2.21. The molecule has 4 heterocycles. The van der Waals surface area contributed by atoms with E-state index in [1.54, 1.807) is 0 Å². The molecular weight excluding hydrogens is 1510 g/mol. The Morgan fingerprint density at radius 1 is 0.113 bits per heavy atom. The Hall–Kier alpha value is -16.4. The normalized spacial score (nSPS) is 12.2. The molecule has 124 heavy (non-hydrogen) atoms. The lowest BCUT2D eigenvalue weighted by atomic mass is 9.81. The highest BCUT2D eigenvalue weighted by Crippen LogP contribution is 2.56. The van der Waals surface area contributed by atoms with Crippen molar-refractivity contribution in [3.63, 3.8) is 0 Å². The van der Waals surface area contributed by atoms with Crippen LogP contribution in [0.4, 0.5) is 0 Å². The van der Waals surface area contributed by atoms with Gasteiger partial charge in [0.1, 0.15) is 44.7 Å². The predicted octanol–water partition coefficient (Wildman–Crippen LogP) is 34.8. The fourth-order valence-corrected chi connectivity index (χ4v) is 21.6. The van der Waals surface area contributed by atoms with Crippen molar-refractivity contribution in [2.75, 3.05) is 0 Å². The number of hydrogen-bond donors (Lipinski definition) is 0. The fourth-order valence-electron chi connectivity index (χ4n) is 21.6. The standard InChI is InChI=1S/2C60H34O2/c1-5-19-39-35(15-1)31-36-16-2-6-20-40(36)55(39)58-45-27-13-25-43(56-41-21-7-3-17-37(41)32-53-59(56)47-23-9-11-29-51(47)61-53)49(45)34-50-44(26-14-28-46(50)58)57-42-22-8-4-18-38(42)33-54-60(57)48-24-10-12-30-52(48)62-54;1-5-19-39-35(15-1)31-36-16-2-6-20-40(36)55(39)56-45-25-13-27-47(57-41-21-7-3-17-37(41)32-51-43-23-9-11-29-53(43)61-59(51)57)49(45)34-50-46(56)26-14-28-48(50)58-42-22-8-4-18-38(42)33-52-44-24-10-12-30-54(44)62-60(52)58/h2*1-34H. The molecule has 0 bridgehead atoms. The van der Waals surface area contributed by atoms with Gasteiger partial charge in [0.05, 0.1) is 0 Å². The molecule has 0 fully saturated rings. The summed E-state index contributed by atoms with van der Waals surface area (Å²) in [6.45, 7) is 0. The molecule has 0 radical (unpaired) electrons. The third-order valence-corrected chi connectivity index (χ3v) is 26.8. The molecule has 0 unspecified atom stereocenters. The second-order valence-electron chi connectivity index (χ2n) is 33.3. The summed E-state index contributed by atoms with van der Waals surface area (Å²) in [7, 11) is 0. The number of hydrogen-bond acceptors (Lipinski definition) is 4. The number of fused-ring (bicyclic) bond motifs is 24. The van der Waals surface area contributed by atoms with Crippen molar-refractivity contribution in [3.8, 4) is 66.8 Å². The third-order valence-electron chi connectivity index (χ3n) is 26.8. The highest BCUT2D eigenvalue weighted by atomic mass is 16.3. The lowest BCUT2D eigenvalue weighted by molar-refractivity contribution is 0.669. The molecule has 0 spiro atoms. The summed E-state index contributed by atoms with van der Waals surface area (Å²) < 4.78 is 27.2. The van der Waals surface area contributed by atoms with E-state index in [1.165, 1.54) is 152 Å². The molecule has 0 amide bonds. The summed E-state index contributed by atoms with van der Waals surface area (Å²) in [5, 5.41) is 37.7. The van der Waals surface area contributed by atoms with Gasteiger partial charge in [-0.3, -0.25) is 0 Å². The maximum atomic E-state index is 6.92. The average Bonchev–Trinajstić information content (AvgIpc) is 1.14. The molecular formula is C120H68O4. The molecule has 0 aliphatic carbocycles. The zero-order valence-electron chi connectivity index (χ0n) is 66.9. The first-order valence-electron chi connectivity index (χ1n) is 42.7. The molecule has 0 N–H and O–H groups in total. The van der Waals surface area contributed by atoms with Gasteiger partial charge >= 0.3 is 0 Å². The van der Waals surface area contributed by atoms with Crippen molar-refractivity contribution >= 4 is 217 Å². The SMILES string of the molecule is c1ccc2c(-c3c4cccc(-c5c6ccccc6cc6c5oc5ccccc56)c4cc4c(-c5c6ccccc6cc6c5oc5ccccc56)cccc34)c3ccccc3cc2c1.c1ccc2c(-c3c4cccc(-c5c6ccccc6cc6oc7ccccc7c56)c4cc4c(-c5c6ccccc6cc6oc7ccccc7c56)cccc34)c3ccccc3cc2c1. The number of benzene rings is 24. The van der Waals surface area contributed by atoms with Crippen LogP contribution in [0.3, 0.4) is 0 Å². The Bertz CT molecular complexity index is 9010. The van der Waals surface area contributed by atoms with Crippen LogP contribution >= 0.6 is 0 Å². The topological polar surface area (TPSA) is 52.6 Å². The van der Waals surface area contributed by atoms with Gasteiger partial charge in [0, 0.05) is 65.3 Å². The van der Waals surface area contributed by atoms with Gasteiger partial charge in [0.2, 0.25) is 0 Å². The second-order valence-corrected chi connectivity index (χ2v) is 33.3. The van der Waals surface area contributed by atoms with Crippen LogP contribution in [-0.4, -0.2) is 0 Å². The van der Waals surface area contributed by atoms with Crippen molar-refractivity contribution in [2.45, 2.75) is 0 Å². The van der Waals surface area contributed by atoms with E-state index in [9.17, 15) is 0 Å². The molecule has 572 valence electrons. The van der Waals surface area contributed by atoms with Gasteiger partial charge in [-0.25, -0.2) is 0 Å². The van der Waals surface area contributed by atoms with Gasteiger partial charge in [-0.2, -0.15) is 0 Å². The van der Waals surface area contributed by atoms with Crippen LogP contribution < -0.4 is 0 Å². The first-order chi connectivity index (χ1) is 61.5. The highest BCUT2D eigenvalue weighted by molar-refractivity contribution is 6.34. The van der Waals surface area contributed by atoms with E-state index >= 15 is 0 Å². The molecule has 28 rings (SSSR count). The van der Waals surface area contributed by atoms with Gasteiger partial charge in [-0.1, -0.05) is 340 Å². The molecule has 4 heteroatoms. The highest BCUT2D eigenvalue weighted by Gasteiger charge is 2.29. The molecule has 4 nitrogen and oxygen atoms in total. The summed E-state index contributed by atoms with van der Waals surface area (Å²) in [4.78, 5) is 0. The van der Waals surface area contributed by atoms with Crippen molar-refractivity contribution in [1.29, 1.82) is 0 Å². The molecule has 0 saturated heterocycles. The van der Waals surface area contributed by atoms with Gasteiger partial charge in [-0.15, -0.1) is 0 Å². The second kappa shape index (κ2) is 26.5. The van der Waals surface area contributed by atoms with Gasteiger partial charge < -0.3 is 17.7 Å². The van der Waals surface area contributed by atoms with Crippen LogP contribution in [0.2, 0.25) is 0 Å². The zero-order valence-corrected chi connectivity index (χ0v) is 66.9. The fraction of sp³-hybridized carbons (Fsp3) is 0. The Balaban J connectivity index is 0.000000130. The van der Waals surface area contributed by atoms with E-state index in [0.29, 0.717) is 0 Å². The van der Waals surface area contributed by atoms with Crippen LogP contribution in [0, 0.1) is 0 Å². The minimum atomic E-state index is 0.890. The van der Waals surface area contributed by atoms with Crippen LogP contribution in [0.25, 0.3) is 284 Å². The first kappa shape index (κ1) is 68.5. The summed E-state index contributed by atoms with van der Waals surface area (Å²) in [5.41, 5.74) is 21.3. The molecule has 0 aliphatic heterocycles. The van der Waals surface area contributed by atoms with E-state index in [1.807, 2.05) is 0 Å². The minimum Gasteiger partial charge on any atom is -0.456 e. The molecule has 28 aromatic rings. The van der Waals surface area contributed by atoms with Gasteiger partial charge in [0.25, 0.3) is 0 Å². The Morgan fingerprint density at radius 3 is 0.645 bits per heavy atom. The summed E-state index contributed by atoms with van der Waals surface area (Å²) in [6.07, 6.45) is 0. The van der Waals surface area contributed by atoms with Crippen molar-refractivity contribution in [1.82, 2.24) is 0 Å². The monoisotopic (exact) mass is 1570 g/mol. The molecule has 0 aliphatic rings. The van der Waals surface area contributed by atoms with Crippen molar-refractivity contribution in [3.05, 3.63) is 413 Å². The Labute approximate surface area is 709 Å². The minimum absolute atomic E-state index is 0.890. The summed E-state index contributed by atoms with van der Waals surface area (Å²) in [5.74, 6) is 0. The number of rotatable bonds is 6. The van der Waals surface area contributed by atoms with E-state index < -0.39 is 0 Å². The van der Waals surface area contributed by atoms with Gasteiger partial charge in [0.15, 0.2) is 0 Å². The molecule has 0 atom stereocenters. The van der Waals surface area contributed by atoms with Crippen LogP contribution in [-0.2, 0) is 0 Å². The number of furan rings is 4. The van der Waals surface area contributed by atoms with Crippen molar-refractivity contribution < 1.29 is 17.7 Å². The first-order valence-corrected chi connectivity index (χ1v) is 42.7. The van der Waals surface area contributed by atoms with E-state index in [2.05, 4.69) is 413 Å².